The van der Waals surface area contributed by atoms with Gasteiger partial charge in [0.15, 0.2) is 0 Å². The van der Waals surface area contributed by atoms with Crippen molar-refractivity contribution in [1.82, 2.24) is 14.8 Å². The highest BCUT2D eigenvalue weighted by Crippen LogP contribution is 2.28. The molecule has 1 aromatic rings. The molecule has 0 spiro atoms. The van der Waals surface area contributed by atoms with Crippen LogP contribution in [0, 0.1) is 0 Å². The molecule has 5 heteroatoms. The lowest BCUT2D eigenvalue weighted by atomic mass is 10.0. The first kappa shape index (κ1) is 13.9. The van der Waals surface area contributed by atoms with Crippen LogP contribution in [0.25, 0.3) is 0 Å². The van der Waals surface area contributed by atoms with Crippen LogP contribution < -0.4 is 0 Å². The Balaban J connectivity index is 1.72. The molecule has 1 aliphatic rings. The maximum atomic E-state index is 10.1. The van der Waals surface area contributed by atoms with Gasteiger partial charge in [-0.05, 0) is 19.8 Å². The fourth-order valence-electron chi connectivity index (χ4n) is 2.46. The molecule has 1 fully saturated rings. The Morgan fingerprint density at radius 3 is 2.94 bits per heavy atom. The largest absolute Gasteiger partial charge is 0.392 e. The van der Waals surface area contributed by atoms with Gasteiger partial charge in [-0.25, -0.2) is 4.98 Å². The summed E-state index contributed by atoms with van der Waals surface area (Å²) in [7, 11) is 0. The van der Waals surface area contributed by atoms with Crippen LogP contribution in [0.5, 0.6) is 0 Å². The zero-order valence-corrected chi connectivity index (χ0v) is 11.9. The first-order chi connectivity index (χ1) is 8.79. The zero-order chi connectivity index (χ0) is 12.8. The number of nitrogens with zero attached hydrogens (tertiary/aromatic N) is 3. The molecule has 0 aliphatic heterocycles. The number of aliphatic hydroxyl groups is 1. The summed E-state index contributed by atoms with van der Waals surface area (Å²) in [6.07, 6.45) is 8.64. The van der Waals surface area contributed by atoms with E-state index in [-0.39, 0.29) is 6.10 Å². The average Bonchev–Trinajstić information content (AvgIpc) is 2.85. The molecule has 18 heavy (non-hydrogen) atoms. The Hall–Kier alpha value is -0.550. The van der Waals surface area contributed by atoms with Crippen molar-refractivity contribution in [3.63, 3.8) is 0 Å². The van der Waals surface area contributed by atoms with Crippen molar-refractivity contribution in [3.8, 4) is 0 Å². The smallest absolute Gasteiger partial charge is 0.138 e. The molecule has 1 atom stereocenters. The summed E-state index contributed by atoms with van der Waals surface area (Å²) in [5.74, 6) is 1.72. The Morgan fingerprint density at radius 1 is 1.44 bits per heavy atom. The molecular weight excluding hydrogens is 246 g/mol. The van der Waals surface area contributed by atoms with E-state index in [9.17, 15) is 5.11 Å². The SMILES string of the molecule is CCn1ncnc1CC(O)CSC1CCCCC1. The molecule has 0 saturated heterocycles. The van der Waals surface area contributed by atoms with Gasteiger partial charge in [-0.2, -0.15) is 16.9 Å². The summed E-state index contributed by atoms with van der Waals surface area (Å²) < 4.78 is 1.86. The van der Waals surface area contributed by atoms with Gasteiger partial charge in [-0.3, -0.25) is 4.68 Å². The van der Waals surface area contributed by atoms with Crippen LogP contribution in [-0.2, 0) is 13.0 Å². The van der Waals surface area contributed by atoms with E-state index in [0.717, 1.165) is 23.4 Å². The van der Waals surface area contributed by atoms with Crippen molar-refractivity contribution in [2.24, 2.45) is 0 Å². The Kier molecular flexibility index (Phi) is 5.50. The van der Waals surface area contributed by atoms with Gasteiger partial charge >= 0.3 is 0 Å². The van der Waals surface area contributed by atoms with E-state index in [4.69, 9.17) is 0 Å². The van der Waals surface area contributed by atoms with Crippen molar-refractivity contribution in [3.05, 3.63) is 12.2 Å². The summed E-state index contributed by atoms with van der Waals surface area (Å²) in [5, 5.41) is 15.0. The van der Waals surface area contributed by atoms with Gasteiger partial charge in [0.05, 0.1) is 6.10 Å². The minimum atomic E-state index is -0.300. The fourth-order valence-corrected chi connectivity index (χ4v) is 3.74. The maximum absolute atomic E-state index is 10.1. The second kappa shape index (κ2) is 7.14. The number of hydrogen-bond donors (Lipinski definition) is 1. The standard InChI is InChI=1S/C13H23N3OS/c1-2-16-13(14-10-15-16)8-11(17)9-18-12-6-4-3-5-7-12/h10-12,17H,2-9H2,1H3. The van der Waals surface area contributed by atoms with E-state index in [1.165, 1.54) is 32.1 Å². The van der Waals surface area contributed by atoms with Gasteiger partial charge in [-0.15, -0.1) is 0 Å². The highest BCUT2D eigenvalue weighted by molar-refractivity contribution is 7.99. The Labute approximate surface area is 113 Å². The van der Waals surface area contributed by atoms with Gasteiger partial charge in [0.1, 0.15) is 12.2 Å². The summed E-state index contributed by atoms with van der Waals surface area (Å²) in [4.78, 5) is 4.20. The first-order valence-corrected chi connectivity index (χ1v) is 8.00. The van der Waals surface area contributed by atoms with E-state index < -0.39 is 0 Å². The Bertz CT molecular complexity index is 350. The van der Waals surface area contributed by atoms with Crippen LogP contribution >= 0.6 is 11.8 Å². The summed E-state index contributed by atoms with van der Waals surface area (Å²) in [5.41, 5.74) is 0. The molecule has 1 N–H and O–H groups in total. The minimum Gasteiger partial charge on any atom is -0.392 e. The Morgan fingerprint density at radius 2 is 2.22 bits per heavy atom. The number of rotatable bonds is 6. The van der Waals surface area contributed by atoms with Gasteiger partial charge < -0.3 is 5.11 Å². The highest BCUT2D eigenvalue weighted by Gasteiger charge is 2.17. The number of aryl methyl sites for hydroxylation is 1. The van der Waals surface area contributed by atoms with Crippen LogP contribution in [0.3, 0.4) is 0 Å². The molecule has 1 aromatic heterocycles. The van der Waals surface area contributed by atoms with Crippen LogP contribution in [0.1, 0.15) is 44.9 Å². The third-order valence-electron chi connectivity index (χ3n) is 3.49. The van der Waals surface area contributed by atoms with Gasteiger partial charge in [-0.1, -0.05) is 19.3 Å². The molecule has 0 aromatic carbocycles. The minimum absolute atomic E-state index is 0.300. The second-order valence-corrected chi connectivity index (χ2v) is 6.28. The van der Waals surface area contributed by atoms with Crippen molar-refractivity contribution in [2.75, 3.05) is 5.75 Å². The van der Waals surface area contributed by atoms with E-state index in [1.54, 1.807) is 6.33 Å². The summed E-state index contributed by atoms with van der Waals surface area (Å²) in [6.45, 7) is 2.86. The van der Waals surface area contributed by atoms with Crippen LogP contribution in [0.4, 0.5) is 0 Å². The molecule has 1 aliphatic carbocycles. The third kappa shape index (κ3) is 3.99. The van der Waals surface area contributed by atoms with Crippen molar-refractivity contribution in [1.29, 1.82) is 0 Å². The molecule has 4 nitrogen and oxygen atoms in total. The lowest BCUT2D eigenvalue weighted by molar-refractivity contribution is 0.195. The van der Waals surface area contributed by atoms with Crippen LogP contribution in [0.2, 0.25) is 0 Å². The fraction of sp³-hybridized carbons (Fsp3) is 0.846. The molecular formula is C13H23N3OS. The number of aliphatic hydroxyl groups excluding tert-OH is 1. The lowest BCUT2D eigenvalue weighted by Gasteiger charge is -2.22. The highest BCUT2D eigenvalue weighted by atomic mass is 32.2. The van der Waals surface area contributed by atoms with Crippen LogP contribution in [0.15, 0.2) is 6.33 Å². The predicted octanol–water partition coefficient (Wildman–Crippen LogP) is 2.27. The van der Waals surface area contributed by atoms with E-state index in [0.29, 0.717) is 6.42 Å². The number of hydrogen-bond acceptors (Lipinski definition) is 4. The van der Waals surface area contributed by atoms with Gasteiger partial charge in [0, 0.05) is 24.0 Å². The summed E-state index contributed by atoms with van der Waals surface area (Å²) in [6, 6.07) is 0. The molecule has 2 rings (SSSR count). The van der Waals surface area contributed by atoms with E-state index >= 15 is 0 Å². The predicted molar refractivity (Wildman–Crippen MR) is 74.7 cm³/mol. The zero-order valence-electron chi connectivity index (χ0n) is 11.1. The maximum Gasteiger partial charge on any atom is 0.138 e. The lowest BCUT2D eigenvalue weighted by Crippen LogP contribution is -2.20. The molecule has 1 heterocycles. The van der Waals surface area contributed by atoms with Crippen molar-refractivity contribution < 1.29 is 5.11 Å². The summed E-state index contributed by atoms with van der Waals surface area (Å²) >= 11 is 1.93. The normalized spacial score (nSPS) is 19.0. The molecule has 0 amide bonds. The topological polar surface area (TPSA) is 50.9 Å². The molecule has 0 radical (unpaired) electrons. The quantitative estimate of drug-likeness (QED) is 0.860. The van der Waals surface area contributed by atoms with E-state index in [2.05, 4.69) is 10.1 Å². The van der Waals surface area contributed by atoms with Gasteiger partial charge in [0.25, 0.3) is 0 Å². The third-order valence-corrected chi connectivity index (χ3v) is 5.01. The monoisotopic (exact) mass is 269 g/mol. The molecule has 0 bridgehead atoms. The van der Waals surface area contributed by atoms with Gasteiger partial charge in [0.2, 0.25) is 0 Å². The average molecular weight is 269 g/mol. The number of aromatic nitrogens is 3. The first-order valence-electron chi connectivity index (χ1n) is 6.96. The van der Waals surface area contributed by atoms with Crippen molar-refractivity contribution >= 4 is 11.8 Å². The molecule has 1 unspecified atom stereocenters. The van der Waals surface area contributed by atoms with Crippen LogP contribution in [-0.4, -0.2) is 37.0 Å². The number of thioether (sulfide) groups is 1. The van der Waals surface area contributed by atoms with E-state index in [1.807, 2.05) is 23.4 Å². The molecule has 102 valence electrons. The van der Waals surface area contributed by atoms with Crippen molar-refractivity contribution in [2.45, 2.75) is 63.3 Å². The molecule has 1 saturated carbocycles. The second-order valence-electron chi connectivity index (χ2n) is 4.94.